The van der Waals surface area contributed by atoms with E-state index in [4.69, 9.17) is 18.9 Å². The Labute approximate surface area is 130 Å². The highest BCUT2D eigenvalue weighted by molar-refractivity contribution is 7.99. The van der Waals surface area contributed by atoms with Crippen LogP contribution in [0.4, 0.5) is 0 Å². The molecule has 2 fully saturated rings. The van der Waals surface area contributed by atoms with Gasteiger partial charge in [-0.05, 0) is 13.8 Å². The highest BCUT2D eigenvalue weighted by Gasteiger charge is 2.55. The van der Waals surface area contributed by atoms with Crippen LogP contribution in [0.3, 0.4) is 0 Å². The molecule has 2 aliphatic rings. The molecule has 9 heteroatoms. The van der Waals surface area contributed by atoms with Gasteiger partial charge in [0.2, 0.25) is 0 Å². The van der Waals surface area contributed by atoms with Crippen molar-refractivity contribution < 1.29 is 18.9 Å². The third-order valence-corrected chi connectivity index (χ3v) is 4.64. The molecule has 2 N–H and O–H groups in total. The van der Waals surface area contributed by atoms with Gasteiger partial charge in [0.1, 0.15) is 12.2 Å². The second-order valence-corrected chi connectivity index (χ2v) is 6.65. The highest BCUT2D eigenvalue weighted by atomic mass is 32.2. The molecule has 2 aliphatic heterocycles. The van der Waals surface area contributed by atoms with Gasteiger partial charge in [0.25, 0.3) is 5.56 Å². The van der Waals surface area contributed by atoms with E-state index in [1.807, 2.05) is 13.8 Å². The standard InChI is InChI=1S/C13H18N2O6S/c1-13(2)20-8-6(19-11(18-3)9(8)21-13)5-22-7-4-14-12(17)15-10(7)16/h4,6,8-9,11H,5H2,1-3H3,(H2,14,15,16,17)/t6-,8-,9-,11-/m1/s1. The predicted octanol–water partition coefficient (Wildman–Crippen LogP) is 0.0467. The molecule has 1 aromatic heterocycles. The minimum Gasteiger partial charge on any atom is -0.353 e. The number of aromatic amines is 2. The second kappa shape index (κ2) is 5.82. The molecule has 1 aromatic rings. The number of H-pyrrole nitrogens is 2. The maximum Gasteiger partial charge on any atom is 0.325 e. The van der Waals surface area contributed by atoms with Crippen LogP contribution >= 0.6 is 11.8 Å². The predicted molar refractivity (Wildman–Crippen MR) is 77.9 cm³/mol. The van der Waals surface area contributed by atoms with Crippen LogP contribution in [0.2, 0.25) is 0 Å². The van der Waals surface area contributed by atoms with Gasteiger partial charge in [0.15, 0.2) is 12.1 Å². The van der Waals surface area contributed by atoms with Crippen LogP contribution in [0.15, 0.2) is 20.7 Å². The molecule has 3 rings (SSSR count). The molecule has 3 heterocycles. The Balaban J connectivity index is 1.70. The van der Waals surface area contributed by atoms with Crippen molar-refractivity contribution in [1.82, 2.24) is 9.97 Å². The lowest BCUT2D eigenvalue weighted by molar-refractivity contribution is -0.224. The SMILES string of the molecule is CO[C@@H]1O[C@H](CSc2c[nH]c(=O)[nH]c2=O)[C@H]2OC(C)(C)O[C@@H]12. The first-order valence-corrected chi connectivity index (χ1v) is 7.87. The lowest BCUT2D eigenvalue weighted by atomic mass is 10.2. The number of methoxy groups -OCH3 is 1. The molecule has 0 aromatic carbocycles. The van der Waals surface area contributed by atoms with Crippen LogP contribution in [0.25, 0.3) is 0 Å². The Hall–Kier alpha value is -1.13. The van der Waals surface area contributed by atoms with Crippen molar-refractivity contribution in [3.63, 3.8) is 0 Å². The third-order valence-electron chi connectivity index (χ3n) is 3.53. The summed E-state index contributed by atoms with van der Waals surface area (Å²) < 4.78 is 22.7. The van der Waals surface area contributed by atoms with E-state index in [0.717, 1.165) is 0 Å². The summed E-state index contributed by atoms with van der Waals surface area (Å²) in [4.78, 5) is 27.7. The van der Waals surface area contributed by atoms with E-state index in [1.54, 1.807) is 7.11 Å². The molecule has 0 spiro atoms. The van der Waals surface area contributed by atoms with E-state index < -0.39 is 23.3 Å². The zero-order valence-electron chi connectivity index (χ0n) is 12.5. The Kier molecular flexibility index (Phi) is 4.17. The molecule has 4 atom stereocenters. The molecule has 0 amide bonds. The molecule has 0 radical (unpaired) electrons. The number of rotatable bonds is 4. The lowest BCUT2D eigenvalue weighted by Crippen LogP contribution is -2.31. The van der Waals surface area contributed by atoms with Crippen molar-refractivity contribution in [2.75, 3.05) is 12.9 Å². The van der Waals surface area contributed by atoms with E-state index in [1.165, 1.54) is 18.0 Å². The molecule has 122 valence electrons. The van der Waals surface area contributed by atoms with Gasteiger partial charge in [0, 0.05) is 19.1 Å². The Morgan fingerprint density at radius 3 is 2.73 bits per heavy atom. The maximum absolute atomic E-state index is 11.7. The van der Waals surface area contributed by atoms with E-state index in [2.05, 4.69) is 9.97 Å². The summed E-state index contributed by atoms with van der Waals surface area (Å²) in [7, 11) is 1.55. The summed E-state index contributed by atoms with van der Waals surface area (Å²) in [5, 5.41) is 0. The van der Waals surface area contributed by atoms with Gasteiger partial charge in [-0.3, -0.25) is 9.78 Å². The zero-order valence-corrected chi connectivity index (χ0v) is 13.3. The third kappa shape index (κ3) is 2.99. The fraction of sp³-hybridized carbons (Fsp3) is 0.692. The number of hydrogen-bond acceptors (Lipinski definition) is 7. The minimum absolute atomic E-state index is 0.255. The van der Waals surface area contributed by atoms with Crippen molar-refractivity contribution in [3.8, 4) is 0 Å². The smallest absolute Gasteiger partial charge is 0.325 e. The molecule has 22 heavy (non-hydrogen) atoms. The Morgan fingerprint density at radius 1 is 1.32 bits per heavy atom. The number of ether oxygens (including phenoxy) is 4. The number of thioether (sulfide) groups is 1. The molecule has 2 saturated heterocycles. The fourth-order valence-corrected chi connectivity index (χ4v) is 3.58. The van der Waals surface area contributed by atoms with Crippen molar-refractivity contribution >= 4 is 11.8 Å². The maximum atomic E-state index is 11.7. The van der Waals surface area contributed by atoms with Gasteiger partial charge >= 0.3 is 5.69 Å². The normalized spacial score (nSPS) is 33.0. The Bertz CT molecular complexity index is 656. The van der Waals surface area contributed by atoms with Gasteiger partial charge in [0.05, 0.1) is 11.0 Å². The second-order valence-electron chi connectivity index (χ2n) is 5.59. The van der Waals surface area contributed by atoms with Gasteiger partial charge < -0.3 is 23.9 Å². The average Bonchev–Trinajstić information content (AvgIpc) is 2.91. The van der Waals surface area contributed by atoms with E-state index in [0.29, 0.717) is 10.6 Å². The first-order valence-electron chi connectivity index (χ1n) is 6.88. The first-order chi connectivity index (χ1) is 10.4. The molecule has 0 unspecified atom stereocenters. The summed E-state index contributed by atoms with van der Waals surface area (Å²) in [5.74, 6) is -0.205. The van der Waals surface area contributed by atoms with E-state index >= 15 is 0 Å². The largest absolute Gasteiger partial charge is 0.353 e. The monoisotopic (exact) mass is 330 g/mol. The molecular formula is C13H18N2O6S. The Morgan fingerprint density at radius 2 is 2.05 bits per heavy atom. The van der Waals surface area contributed by atoms with Gasteiger partial charge in [-0.15, -0.1) is 11.8 Å². The quantitative estimate of drug-likeness (QED) is 0.752. The van der Waals surface area contributed by atoms with Crippen LogP contribution in [-0.4, -0.2) is 53.2 Å². The molecule has 8 nitrogen and oxygen atoms in total. The number of nitrogens with one attached hydrogen (secondary N) is 2. The number of aromatic nitrogens is 2. The average molecular weight is 330 g/mol. The number of hydrogen-bond donors (Lipinski definition) is 2. The van der Waals surface area contributed by atoms with Crippen LogP contribution in [0.5, 0.6) is 0 Å². The van der Waals surface area contributed by atoms with Gasteiger partial charge in [-0.1, -0.05) is 0 Å². The fourth-order valence-electron chi connectivity index (χ4n) is 2.64. The van der Waals surface area contributed by atoms with Crippen LogP contribution in [0.1, 0.15) is 13.8 Å². The summed E-state index contributed by atoms with van der Waals surface area (Å²) in [6, 6.07) is 0. The highest BCUT2D eigenvalue weighted by Crippen LogP contribution is 2.40. The topological polar surface area (TPSA) is 103 Å². The number of fused-ring (bicyclic) bond motifs is 1. The van der Waals surface area contributed by atoms with Crippen LogP contribution in [-0.2, 0) is 18.9 Å². The summed E-state index contributed by atoms with van der Waals surface area (Å²) in [6.45, 7) is 3.68. The van der Waals surface area contributed by atoms with Crippen molar-refractivity contribution in [3.05, 3.63) is 27.0 Å². The minimum atomic E-state index is -0.686. The van der Waals surface area contributed by atoms with Crippen molar-refractivity contribution in [2.45, 2.75) is 49.1 Å². The van der Waals surface area contributed by atoms with Crippen LogP contribution < -0.4 is 11.2 Å². The van der Waals surface area contributed by atoms with Crippen molar-refractivity contribution in [1.29, 1.82) is 0 Å². The molecular weight excluding hydrogens is 312 g/mol. The van der Waals surface area contributed by atoms with E-state index in [-0.39, 0.29) is 18.3 Å². The van der Waals surface area contributed by atoms with Gasteiger partial charge in [-0.25, -0.2) is 4.79 Å². The molecule has 0 aliphatic carbocycles. The first kappa shape index (κ1) is 15.8. The summed E-state index contributed by atoms with van der Waals surface area (Å²) in [6.07, 6.45) is 0.0789. The molecule has 0 bridgehead atoms. The lowest BCUT2D eigenvalue weighted by Gasteiger charge is -2.23. The molecule has 0 saturated carbocycles. The van der Waals surface area contributed by atoms with E-state index in [9.17, 15) is 9.59 Å². The summed E-state index contributed by atoms with van der Waals surface area (Å²) in [5.41, 5.74) is -0.948. The van der Waals surface area contributed by atoms with Crippen LogP contribution in [0, 0.1) is 0 Å². The zero-order chi connectivity index (χ0) is 15.9. The van der Waals surface area contributed by atoms with Crippen molar-refractivity contribution in [2.24, 2.45) is 0 Å². The van der Waals surface area contributed by atoms with Gasteiger partial charge in [-0.2, -0.15) is 0 Å². The summed E-state index contributed by atoms with van der Waals surface area (Å²) >= 11 is 1.28.